The number of rotatable bonds is 7. The van der Waals surface area contributed by atoms with Crippen LogP contribution in [-0.2, 0) is 0 Å². The molecule has 0 heterocycles. The van der Waals surface area contributed by atoms with E-state index in [1.807, 2.05) is 0 Å². The molecule has 0 aliphatic heterocycles. The fraction of sp³-hybridized carbons (Fsp3) is 1.00. The van der Waals surface area contributed by atoms with Crippen LogP contribution >= 0.6 is 0 Å². The summed E-state index contributed by atoms with van der Waals surface area (Å²) in [7, 11) is -0.297. The molecular weight excluding hydrogens is 342 g/mol. The Morgan fingerprint density at radius 3 is 1.21 bits per heavy atom. The molecule has 0 radical (unpaired) electrons. The van der Waals surface area contributed by atoms with Gasteiger partial charge in [0, 0.05) is 12.1 Å². The Bertz CT molecular complexity index is 399. The van der Waals surface area contributed by atoms with E-state index in [1.165, 1.54) is 0 Å². The van der Waals surface area contributed by atoms with Gasteiger partial charge >= 0.3 is 0 Å². The summed E-state index contributed by atoms with van der Waals surface area (Å²) in [6.07, 6.45) is 0. The maximum atomic E-state index is 2.96. The second-order valence-electron chi connectivity index (χ2n) is 11.8. The maximum Gasteiger partial charge on any atom is 0.144 e. The van der Waals surface area contributed by atoms with Gasteiger partial charge in [-0.2, -0.15) is 0 Å². The summed E-state index contributed by atoms with van der Waals surface area (Å²) < 4.78 is 5.90. The summed E-state index contributed by atoms with van der Waals surface area (Å²) >= 11 is 0. The summed E-state index contributed by atoms with van der Waals surface area (Å²) in [5, 5.41) is 0.328. The van der Waals surface area contributed by atoms with Gasteiger partial charge in [0.1, 0.15) is 24.7 Å². The van der Waals surface area contributed by atoms with E-state index >= 15 is 0 Å². The molecule has 0 bridgehead atoms. The van der Waals surface area contributed by atoms with Gasteiger partial charge in [0.25, 0.3) is 0 Å². The van der Waals surface area contributed by atoms with E-state index in [0.717, 1.165) is 6.54 Å². The van der Waals surface area contributed by atoms with Crippen LogP contribution in [0.2, 0.25) is 57.4 Å². The SMILES string of the molecule is CN(C)CC(C)(C)N(N([Si](C)(C)C)[Si](C)(C)C)[Si](C)(C)C(C)(C)C. The van der Waals surface area contributed by atoms with E-state index in [0.29, 0.717) is 5.04 Å². The average Bonchev–Trinajstić information content (AvgIpc) is 2.17. The number of hydrogen-bond donors (Lipinski definition) is 0. The number of hydrogen-bond acceptors (Lipinski definition) is 3. The Morgan fingerprint density at radius 2 is 1.00 bits per heavy atom. The van der Waals surface area contributed by atoms with Crippen molar-refractivity contribution in [3.05, 3.63) is 0 Å². The summed E-state index contributed by atoms with van der Waals surface area (Å²) in [6, 6.07) is 0. The molecule has 0 saturated carbocycles. The predicted octanol–water partition coefficient (Wildman–Crippen LogP) is 5.52. The van der Waals surface area contributed by atoms with E-state index in [-0.39, 0.29) is 5.54 Å². The molecule has 0 aromatic heterocycles. The molecule has 0 N–H and O–H groups in total. The second-order valence-corrected chi connectivity index (χ2v) is 26.8. The van der Waals surface area contributed by atoms with Gasteiger partial charge in [-0.3, -0.25) is 9.01 Å². The topological polar surface area (TPSA) is 9.72 Å². The third-order valence-electron chi connectivity index (χ3n) is 5.11. The third-order valence-corrected chi connectivity index (χ3v) is 18.0. The van der Waals surface area contributed by atoms with Gasteiger partial charge in [0.05, 0.1) is 0 Å². The van der Waals surface area contributed by atoms with E-state index < -0.39 is 24.7 Å². The van der Waals surface area contributed by atoms with Crippen molar-refractivity contribution in [1.82, 2.24) is 13.9 Å². The predicted molar refractivity (Wildman–Crippen MR) is 120 cm³/mol. The molecule has 0 aliphatic rings. The Morgan fingerprint density at radius 1 is 0.667 bits per heavy atom. The van der Waals surface area contributed by atoms with Crippen LogP contribution in [0.4, 0.5) is 0 Å². The lowest BCUT2D eigenvalue weighted by Gasteiger charge is -2.64. The van der Waals surface area contributed by atoms with E-state index in [2.05, 4.69) is 115 Å². The summed E-state index contributed by atoms with van der Waals surface area (Å²) in [6.45, 7) is 33.7. The monoisotopic (exact) mass is 389 g/mol. The molecule has 3 nitrogen and oxygen atoms in total. The van der Waals surface area contributed by atoms with Gasteiger partial charge in [-0.25, -0.2) is 0 Å². The highest BCUT2D eigenvalue weighted by Gasteiger charge is 2.54. The Labute approximate surface area is 157 Å². The minimum absolute atomic E-state index is 0.132. The van der Waals surface area contributed by atoms with Crippen LogP contribution in [0.15, 0.2) is 0 Å². The van der Waals surface area contributed by atoms with Gasteiger partial charge in [-0.1, -0.05) is 73.1 Å². The zero-order valence-corrected chi connectivity index (χ0v) is 22.5. The Kier molecular flexibility index (Phi) is 7.43. The van der Waals surface area contributed by atoms with Crippen molar-refractivity contribution >= 4 is 24.7 Å². The number of nitrogens with zero attached hydrogens (tertiary/aromatic N) is 3. The molecule has 0 aromatic rings. The minimum Gasteiger partial charge on any atom is -0.308 e. The van der Waals surface area contributed by atoms with Crippen molar-refractivity contribution < 1.29 is 0 Å². The molecule has 0 atom stereocenters. The van der Waals surface area contributed by atoms with Gasteiger partial charge in [-0.15, -0.1) is 0 Å². The molecule has 0 spiro atoms. The first-order valence-corrected chi connectivity index (χ1v) is 19.3. The molecule has 24 heavy (non-hydrogen) atoms. The van der Waals surface area contributed by atoms with Crippen LogP contribution in [0.1, 0.15) is 34.6 Å². The smallest absolute Gasteiger partial charge is 0.144 e. The summed E-state index contributed by atoms with van der Waals surface area (Å²) in [5.74, 6) is 0. The van der Waals surface area contributed by atoms with Crippen LogP contribution in [0.3, 0.4) is 0 Å². The van der Waals surface area contributed by atoms with Gasteiger partial charge in [-0.05, 0) is 33.0 Å². The molecule has 0 aliphatic carbocycles. The lowest BCUT2D eigenvalue weighted by Crippen LogP contribution is -2.79. The number of hydrazine groups is 1. The molecule has 6 heteroatoms. The lowest BCUT2D eigenvalue weighted by atomic mass is 10.1. The first kappa shape index (κ1) is 24.5. The fourth-order valence-corrected chi connectivity index (χ4v) is 19.9. The highest BCUT2D eigenvalue weighted by atomic mass is 28.4. The molecule has 0 rings (SSSR count). The zero-order valence-electron chi connectivity index (χ0n) is 19.5. The largest absolute Gasteiger partial charge is 0.308 e. The molecule has 0 unspecified atom stereocenters. The van der Waals surface area contributed by atoms with Crippen molar-refractivity contribution in [3.63, 3.8) is 0 Å². The summed E-state index contributed by atoms with van der Waals surface area (Å²) in [4.78, 5) is 2.35. The van der Waals surface area contributed by atoms with Crippen LogP contribution < -0.4 is 0 Å². The molecular formula is C18H47N3Si3. The normalized spacial score (nSPS) is 15.8. The fourth-order valence-electron chi connectivity index (χ4n) is 4.04. The standard InChI is InChI=1S/C18H47N3Si3/c1-17(2,3)24(14,15)20(18(4,5)16-19(6)7)21(22(8,9)10)23(11,12)13/h16H2,1-15H3. The van der Waals surface area contributed by atoms with Gasteiger partial charge in [0.2, 0.25) is 0 Å². The van der Waals surface area contributed by atoms with E-state index in [4.69, 9.17) is 0 Å². The molecule has 0 saturated heterocycles. The van der Waals surface area contributed by atoms with E-state index in [1.54, 1.807) is 0 Å². The first-order chi connectivity index (χ1) is 10.2. The van der Waals surface area contributed by atoms with Crippen molar-refractivity contribution in [3.8, 4) is 0 Å². The van der Waals surface area contributed by atoms with Gasteiger partial charge < -0.3 is 4.90 Å². The quantitative estimate of drug-likeness (QED) is 0.419. The molecule has 146 valence electrons. The van der Waals surface area contributed by atoms with Crippen molar-refractivity contribution in [2.24, 2.45) is 0 Å². The Hall–Kier alpha value is 0.531. The third kappa shape index (κ3) is 5.77. The van der Waals surface area contributed by atoms with Crippen molar-refractivity contribution in [2.75, 3.05) is 20.6 Å². The number of likely N-dealkylation sites (N-methyl/N-ethyl adjacent to an activating group) is 1. The van der Waals surface area contributed by atoms with Crippen molar-refractivity contribution in [2.45, 2.75) is 97.6 Å². The molecule has 0 amide bonds. The summed E-state index contributed by atoms with van der Waals surface area (Å²) in [5.41, 5.74) is 0.132. The van der Waals surface area contributed by atoms with Crippen molar-refractivity contribution in [1.29, 1.82) is 0 Å². The second kappa shape index (κ2) is 7.27. The minimum atomic E-state index is -1.72. The Balaban J connectivity index is 6.54. The highest BCUT2D eigenvalue weighted by molar-refractivity contribution is 6.91. The highest BCUT2D eigenvalue weighted by Crippen LogP contribution is 2.44. The lowest BCUT2D eigenvalue weighted by molar-refractivity contribution is 0.0648. The van der Waals surface area contributed by atoms with Crippen LogP contribution in [0.25, 0.3) is 0 Å². The average molecular weight is 390 g/mol. The zero-order chi connectivity index (χ0) is 19.9. The van der Waals surface area contributed by atoms with Crippen LogP contribution in [0, 0.1) is 0 Å². The van der Waals surface area contributed by atoms with Gasteiger partial charge in [0.15, 0.2) is 0 Å². The van der Waals surface area contributed by atoms with E-state index in [9.17, 15) is 0 Å². The first-order valence-electron chi connectivity index (χ1n) is 9.41. The molecule has 0 fully saturated rings. The van der Waals surface area contributed by atoms with Crippen LogP contribution in [0.5, 0.6) is 0 Å². The molecule has 0 aromatic carbocycles. The van der Waals surface area contributed by atoms with Crippen LogP contribution in [-0.4, -0.2) is 64.8 Å². The maximum absolute atomic E-state index is 2.96.